The number of rotatable bonds is 4. The molecule has 3 rings (SSSR count). The number of hydrogen-bond donors (Lipinski definition) is 1. The Labute approximate surface area is 132 Å². The van der Waals surface area contributed by atoms with Crippen molar-refractivity contribution in [1.82, 2.24) is 5.32 Å². The predicted molar refractivity (Wildman–Crippen MR) is 89.9 cm³/mol. The summed E-state index contributed by atoms with van der Waals surface area (Å²) in [7, 11) is 0. The Morgan fingerprint density at radius 2 is 1.81 bits per heavy atom. The molecule has 1 N–H and O–H groups in total. The van der Waals surface area contributed by atoms with Crippen LogP contribution < -0.4 is 5.32 Å². The Morgan fingerprint density at radius 3 is 2.52 bits per heavy atom. The number of hydrogen-bond acceptors (Lipinski definition) is 1. The van der Waals surface area contributed by atoms with E-state index in [1.807, 2.05) is 0 Å². The predicted octanol–water partition coefficient (Wildman–Crippen LogP) is 4.80. The quantitative estimate of drug-likeness (QED) is 0.799. The Bertz CT molecular complexity index is 603. The number of fused-ring (bicyclic) bond motifs is 1. The zero-order chi connectivity index (χ0) is 14.8. The largest absolute Gasteiger partial charge is 0.305 e. The minimum absolute atomic E-state index is 0.150. The molecule has 0 aromatic heterocycles. The van der Waals surface area contributed by atoms with Crippen LogP contribution in [0.2, 0.25) is 0 Å². The van der Waals surface area contributed by atoms with Crippen LogP contribution in [-0.4, -0.2) is 5.38 Å². The molecule has 0 fully saturated rings. The molecule has 2 atom stereocenters. The molecule has 0 bridgehead atoms. The second-order valence-electron chi connectivity index (χ2n) is 6.17. The van der Waals surface area contributed by atoms with Crippen molar-refractivity contribution in [3.05, 3.63) is 70.8 Å². The summed E-state index contributed by atoms with van der Waals surface area (Å²) in [5.41, 5.74) is 5.44. The Hall–Kier alpha value is -1.31. The lowest BCUT2D eigenvalue weighted by Crippen LogP contribution is -2.25. The molecular weight excluding hydrogens is 278 g/mol. The van der Waals surface area contributed by atoms with Gasteiger partial charge in [-0.15, -0.1) is 11.6 Å². The smallest absolute Gasteiger partial charge is 0.0571 e. The first kappa shape index (κ1) is 14.6. The van der Waals surface area contributed by atoms with E-state index >= 15 is 0 Å². The summed E-state index contributed by atoms with van der Waals surface area (Å²) in [6.45, 7) is 5.31. The van der Waals surface area contributed by atoms with Gasteiger partial charge in [-0.2, -0.15) is 0 Å². The fraction of sp³-hybridized carbons (Fsp3) is 0.368. The second-order valence-corrected chi connectivity index (χ2v) is 6.73. The first-order chi connectivity index (χ1) is 10.1. The van der Waals surface area contributed by atoms with Gasteiger partial charge in [-0.1, -0.05) is 62.4 Å². The number of halogens is 1. The van der Waals surface area contributed by atoms with Gasteiger partial charge >= 0.3 is 0 Å². The third-order valence-corrected chi connectivity index (χ3v) is 4.75. The van der Waals surface area contributed by atoms with Gasteiger partial charge in [-0.25, -0.2) is 0 Å². The zero-order valence-electron chi connectivity index (χ0n) is 12.6. The van der Waals surface area contributed by atoms with E-state index in [4.69, 9.17) is 11.6 Å². The van der Waals surface area contributed by atoms with Crippen LogP contribution in [0.25, 0.3) is 0 Å². The normalized spacial score (nSPS) is 20.8. The van der Waals surface area contributed by atoms with Gasteiger partial charge in [0.1, 0.15) is 0 Å². The van der Waals surface area contributed by atoms with Crippen LogP contribution in [0.3, 0.4) is 0 Å². The lowest BCUT2D eigenvalue weighted by atomic mass is 10.0. The summed E-state index contributed by atoms with van der Waals surface area (Å²) in [6.07, 6.45) is 0.960. The minimum atomic E-state index is 0.150. The minimum Gasteiger partial charge on any atom is -0.305 e. The molecule has 0 spiro atoms. The summed E-state index contributed by atoms with van der Waals surface area (Å²) in [6, 6.07) is 17.7. The SMILES string of the molecule is CC(C)c1ccc(CNC2c3ccccc3CC2Cl)cc1. The fourth-order valence-corrected chi connectivity index (χ4v) is 3.42. The maximum atomic E-state index is 6.51. The highest BCUT2D eigenvalue weighted by molar-refractivity contribution is 6.21. The standard InChI is InChI=1S/C19H22ClN/c1-13(2)15-9-7-14(8-10-15)12-21-19-17-6-4-3-5-16(17)11-18(19)20/h3-10,13,18-19,21H,11-12H2,1-2H3. The molecule has 0 saturated carbocycles. The van der Waals surface area contributed by atoms with Crippen molar-refractivity contribution in [2.24, 2.45) is 0 Å². The molecular formula is C19H22ClN. The van der Waals surface area contributed by atoms with Crippen molar-refractivity contribution in [1.29, 1.82) is 0 Å². The van der Waals surface area contributed by atoms with E-state index in [2.05, 4.69) is 67.7 Å². The monoisotopic (exact) mass is 299 g/mol. The Morgan fingerprint density at radius 1 is 1.10 bits per heavy atom. The highest BCUT2D eigenvalue weighted by Crippen LogP contribution is 2.34. The molecule has 21 heavy (non-hydrogen) atoms. The van der Waals surface area contributed by atoms with E-state index in [9.17, 15) is 0 Å². The molecule has 0 radical (unpaired) electrons. The average Bonchev–Trinajstić information content (AvgIpc) is 2.81. The van der Waals surface area contributed by atoms with Gasteiger partial charge in [0.15, 0.2) is 0 Å². The fourth-order valence-electron chi connectivity index (χ4n) is 3.03. The van der Waals surface area contributed by atoms with Gasteiger partial charge in [-0.05, 0) is 34.6 Å². The number of nitrogens with one attached hydrogen (secondary N) is 1. The van der Waals surface area contributed by atoms with Gasteiger partial charge in [-0.3, -0.25) is 0 Å². The van der Waals surface area contributed by atoms with E-state index in [0.29, 0.717) is 5.92 Å². The lowest BCUT2D eigenvalue weighted by molar-refractivity contribution is 0.536. The lowest BCUT2D eigenvalue weighted by Gasteiger charge is -2.18. The maximum absolute atomic E-state index is 6.51. The summed E-state index contributed by atoms with van der Waals surface area (Å²) < 4.78 is 0. The summed E-state index contributed by atoms with van der Waals surface area (Å²) in [5, 5.41) is 3.77. The third-order valence-electron chi connectivity index (χ3n) is 4.34. The van der Waals surface area contributed by atoms with Gasteiger partial charge in [0.25, 0.3) is 0 Å². The van der Waals surface area contributed by atoms with Gasteiger partial charge in [0.2, 0.25) is 0 Å². The molecule has 0 saturated heterocycles. The number of alkyl halides is 1. The van der Waals surface area contributed by atoms with Crippen LogP contribution in [-0.2, 0) is 13.0 Å². The molecule has 1 aliphatic rings. The molecule has 1 nitrogen and oxygen atoms in total. The first-order valence-corrected chi connectivity index (χ1v) is 8.13. The van der Waals surface area contributed by atoms with Crippen LogP contribution in [0.5, 0.6) is 0 Å². The van der Waals surface area contributed by atoms with E-state index in [1.54, 1.807) is 0 Å². The van der Waals surface area contributed by atoms with Crippen molar-refractivity contribution >= 4 is 11.6 Å². The van der Waals surface area contributed by atoms with Gasteiger partial charge in [0, 0.05) is 12.6 Å². The topological polar surface area (TPSA) is 12.0 Å². The second kappa shape index (κ2) is 6.21. The van der Waals surface area contributed by atoms with Gasteiger partial charge in [0.05, 0.1) is 5.38 Å². The average molecular weight is 300 g/mol. The van der Waals surface area contributed by atoms with Crippen molar-refractivity contribution in [2.45, 2.75) is 44.1 Å². The van der Waals surface area contributed by atoms with Crippen molar-refractivity contribution in [3.63, 3.8) is 0 Å². The zero-order valence-corrected chi connectivity index (χ0v) is 13.4. The van der Waals surface area contributed by atoms with Crippen molar-refractivity contribution < 1.29 is 0 Å². The molecule has 0 heterocycles. The first-order valence-electron chi connectivity index (χ1n) is 7.69. The summed E-state index contributed by atoms with van der Waals surface area (Å²) in [4.78, 5) is 0. The Balaban J connectivity index is 1.68. The van der Waals surface area contributed by atoms with Crippen molar-refractivity contribution in [3.8, 4) is 0 Å². The van der Waals surface area contributed by atoms with Gasteiger partial charge < -0.3 is 5.32 Å². The van der Waals surface area contributed by atoms with E-state index in [-0.39, 0.29) is 11.4 Å². The van der Waals surface area contributed by atoms with E-state index < -0.39 is 0 Å². The van der Waals surface area contributed by atoms with Crippen molar-refractivity contribution in [2.75, 3.05) is 0 Å². The van der Waals surface area contributed by atoms with Crippen LogP contribution in [0.1, 0.15) is 48.1 Å². The molecule has 0 amide bonds. The van der Waals surface area contributed by atoms with E-state index in [1.165, 1.54) is 22.3 Å². The third kappa shape index (κ3) is 3.14. The summed E-state index contributed by atoms with van der Waals surface area (Å²) in [5.74, 6) is 0.584. The molecule has 2 aromatic rings. The molecule has 2 heteroatoms. The highest BCUT2D eigenvalue weighted by Gasteiger charge is 2.30. The molecule has 110 valence electrons. The van der Waals surface area contributed by atoms with Crippen LogP contribution in [0.4, 0.5) is 0 Å². The Kier molecular flexibility index (Phi) is 4.32. The van der Waals surface area contributed by atoms with Crippen LogP contribution in [0, 0.1) is 0 Å². The van der Waals surface area contributed by atoms with Crippen LogP contribution >= 0.6 is 11.6 Å². The molecule has 1 aliphatic carbocycles. The van der Waals surface area contributed by atoms with Crippen LogP contribution in [0.15, 0.2) is 48.5 Å². The highest BCUT2D eigenvalue weighted by atomic mass is 35.5. The molecule has 2 aromatic carbocycles. The number of benzene rings is 2. The molecule has 0 aliphatic heterocycles. The van der Waals surface area contributed by atoms with E-state index in [0.717, 1.165) is 13.0 Å². The maximum Gasteiger partial charge on any atom is 0.0571 e. The summed E-state index contributed by atoms with van der Waals surface area (Å²) >= 11 is 6.51. The molecule has 2 unspecified atom stereocenters.